The van der Waals surface area contributed by atoms with E-state index in [-0.39, 0.29) is 17.9 Å². The summed E-state index contributed by atoms with van der Waals surface area (Å²) in [7, 11) is 1.35. The van der Waals surface area contributed by atoms with Crippen molar-refractivity contribution < 1.29 is 19.2 Å². The van der Waals surface area contributed by atoms with Crippen LogP contribution in [-0.2, 0) is 6.42 Å². The van der Waals surface area contributed by atoms with Crippen molar-refractivity contribution in [2.45, 2.75) is 12.5 Å². The zero-order valence-electron chi connectivity index (χ0n) is 11.3. The smallest absolute Gasteiger partial charge is 0.272 e. The molecule has 0 aliphatic heterocycles. The molecule has 0 aliphatic rings. The Bertz CT molecular complexity index is 660. The van der Waals surface area contributed by atoms with Crippen LogP contribution in [0.5, 0.6) is 5.75 Å². The standard InChI is InChI=1S/C15H14FNO4/c1-21-15-7-6-11(8-12(15)16)14(18)9-10-4-2-3-5-13(10)17(19)20/h2-8,14,18H,9H2,1H3. The van der Waals surface area contributed by atoms with Crippen LogP contribution in [0.1, 0.15) is 17.2 Å². The van der Waals surface area contributed by atoms with Crippen LogP contribution in [0.4, 0.5) is 10.1 Å². The second-order valence-electron chi connectivity index (χ2n) is 4.50. The Morgan fingerprint density at radius 2 is 2.05 bits per heavy atom. The van der Waals surface area contributed by atoms with E-state index >= 15 is 0 Å². The first-order chi connectivity index (χ1) is 10.0. The number of hydrogen-bond donors (Lipinski definition) is 1. The number of hydrogen-bond acceptors (Lipinski definition) is 4. The van der Waals surface area contributed by atoms with Gasteiger partial charge in [-0.15, -0.1) is 0 Å². The van der Waals surface area contributed by atoms with Crippen molar-refractivity contribution in [2.75, 3.05) is 7.11 Å². The molecule has 21 heavy (non-hydrogen) atoms. The number of ether oxygens (including phenoxy) is 1. The van der Waals surface area contributed by atoms with E-state index in [9.17, 15) is 19.6 Å². The first-order valence-electron chi connectivity index (χ1n) is 6.26. The quantitative estimate of drug-likeness (QED) is 0.679. The summed E-state index contributed by atoms with van der Waals surface area (Å²) in [5.74, 6) is -0.506. The largest absolute Gasteiger partial charge is 0.494 e. The van der Waals surface area contributed by atoms with Gasteiger partial charge in [-0.25, -0.2) is 4.39 Å². The van der Waals surface area contributed by atoms with Crippen molar-refractivity contribution in [1.29, 1.82) is 0 Å². The molecule has 0 spiro atoms. The van der Waals surface area contributed by atoms with Gasteiger partial charge in [-0.1, -0.05) is 24.3 Å². The molecule has 0 radical (unpaired) electrons. The van der Waals surface area contributed by atoms with E-state index in [1.54, 1.807) is 18.2 Å². The number of aliphatic hydroxyl groups excluding tert-OH is 1. The SMILES string of the molecule is COc1ccc(C(O)Cc2ccccc2[N+](=O)[O-])cc1F. The number of methoxy groups -OCH3 is 1. The lowest BCUT2D eigenvalue weighted by Crippen LogP contribution is -2.05. The molecule has 2 rings (SSSR count). The molecule has 0 fully saturated rings. The summed E-state index contributed by atoms with van der Waals surface area (Å²) in [4.78, 5) is 10.4. The number of benzene rings is 2. The average molecular weight is 291 g/mol. The van der Waals surface area contributed by atoms with Gasteiger partial charge in [0.05, 0.1) is 18.1 Å². The lowest BCUT2D eigenvalue weighted by Gasteiger charge is -2.12. The van der Waals surface area contributed by atoms with Crippen LogP contribution < -0.4 is 4.74 Å². The molecular formula is C15H14FNO4. The molecule has 0 bridgehead atoms. The fourth-order valence-electron chi connectivity index (χ4n) is 2.08. The monoisotopic (exact) mass is 291 g/mol. The molecule has 1 unspecified atom stereocenters. The lowest BCUT2D eigenvalue weighted by atomic mass is 10.00. The van der Waals surface area contributed by atoms with Gasteiger partial charge in [0.1, 0.15) is 0 Å². The molecular weight excluding hydrogens is 277 g/mol. The van der Waals surface area contributed by atoms with Crippen molar-refractivity contribution in [3.05, 3.63) is 69.5 Å². The third kappa shape index (κ3) is 3.35. The minimum atomic E-state index is -1.04. The van der Waals surface area contributed by atoms with Crippen LogP contribution in [0.2, 0.25) is 0 Å². The second kappa shape index (κ2) is 6.32. The third-order valence-corrected chi connectivity index (χ3v) is 3.16. The Morgan fingerprint density at radius 3 is 2.67 bits per heavy atom. The van der Waals surface area contributed by atoms with E-state index < -0.39 is 16.8 Å². The molecule has 0 amide bonds. The zero-order valence-corrected chi connectivity index (χ0v) is 11.3. The van der Waals surface area contributed by atoms with Crippen molar-refractivity contribution in [2.24, 2.45) is 0 Å². The summed E-state index contributed by atoms with van der Waals surface area (Å²) >= 11 is 0. The van der Waals surface area contributed by atoms with Crippen molar-refractivity contribution in [1.82, 2.24) is 0 Å². The zero-order chi connectivity index (χ0) is 15.4. The number of rotatable bonds is 5. The highest BCUT2D eigenvalue weighted by atomic mass is 19.1. The summed E-state index contributed by atoms with van der Waals surface area (Å²) in [5.41, 5.74) is 0.670. The minimum Gasteiger partial charge on any atom is -0.494 e. The molecule has 0 aromatic heterocycles. The van der Waals surface area contributed by atoms with Gasteiger partial charge >= 0.3 is 0 Å². The van der Waals surface area contributed by atoms with E-state index in [0.29, 0.717) is 11.1 Å². The molecule has 0 saturated heterocycles. The Hall–Kier alpha value is -2.47. The molecule has 1 atom stereocenters. The van der Waals surface area contributed by atoms with Crippen molar-refractivity contribution >= 4 is 5.69 Å². The van der Waals surface area contributed by atoms with Gasteiger partial charge in [0.2, 0.25) is 0 Å². The van der Waals surface area contributed by atoms with E-state index in [4.69, 9.17) is 4.74 Å². The molecule has 6 heteroatoms. The van der Waals surface area contributed by atoms with Gasteiger partial charge in [0.25, 0.3) is 5.69 Å². The van der Waals surface area contributed by atoms with Crippen LogP contribution >= 0.6 is 0 Å². The summed E-state index contributed by atoms with van der Waals surface area (Å²) in [5, 5.41) is 21.1. The number of nitro benzene ring substituents is 1. The Labute approximate surface area is 120 Å². The van der Waals surface area contributed by atoms with Crippen molar-refractivity contribution in [3.8, 4) is 5.75 Å². The number of nitro groups is 1. The fourth-order valence-corrected chi connectivity index (χ4v) is 2.08. The first-order valence-corrected chi connectivity index (χ1v) is 6.26. The predicted molar refractivity (Wildman–Crippen MR) is 74.7 cm³/mol. The van der Waals surface area contributed by atoms with Crippen LogP contribution in [0.15, 0.2) is 42.5 Å². The van der Waals surface area contributed by atoms with Gasteiger partial charge in [0.15, 0.2) is 11.6 Å². The summed E-state index contributed by atoms with van der Waals surface area (Å²) in [6, 6.07) is 10.3. The van der Waals surface area contributed by atoms with Crippen LogP contribution in [0.3, 0.4) is 0 Å². The highest BCUT2D eigenvalue weighted by Crippen LogP contribution is 2.27. The number of aliphatic hydroxyl groups is 1. The van der Waals surface area contributed by atoms with Gasteiger partial charge < -0.3 is 9.84 Å². The summed E-state index contributed by atoms with van der Waals surface area (Å²) in [6.07, 6.45) is -1.00. The van der Waals surface area contributed by atoms with Gasteiger partial charge in [0, 0.05) is 18.1 Å². The topological polar surface area (TPSA) is 72.6 Å². The van der Waals surface area contributed by atoms with E-state index in [2.05, 4.69) is 0 Å². The number of halogens is 1. The predicted octanol–water partition coefficient (Wildman–Crippen LogP) is 3.02. The Morgan fingerprint density at radius 1 is 1.33 bits per heavy atom. The molecule has 0 heterocycles. The lowest BCUT2D eigenvalue weighted by molar-refractivity contribution is -0.385. The highest BCUT2D eigenvalue weighted by molar-refractivity contribution is 5.41. The minimum absolute atomic E-state index is 0.0307. The maximum absolute atomic E-state index is 13.6. The maximum atomic E-state index is 13.6. The fraction of sp³-hybridized carbons (Fsp3) is 0.200. The van der Waals surface area contributed by atoms with E-state index in [0.717, 1.165) is 6.07 Å². The molecule has 110 valence electrons. The normalized spacial score (nSPS) is 12.0. The first kappa shape index (κ1) is 14.9. The Kier molecular flexibility index (Phi) is 4.49. The molecule has 2 aromatic rings. The van der Waals surface area contributed by atoms with Gasteiger partial charge in [-0.2, -0.15) is 0 Å². The maximum Gasteiger partial charge on any atom is 0.272 e. The number of nitrogens with zero attached hydrogens (tertiary/aromatic N) is 1. The van der Waals surface area contributed by atoms with Gasteiger partial charge in [-0.3, -0.25) is 10.1 Å². The van der Waals surface area contributed by atoms with E-state index in [1.165, 1.54) is 25.3 Å². The summed E-state index contributed by atoms with van der Waals surface area (Å²) in [6.45, 7) is 0. The van der Waals surface area contributed by atoms with Crippen LogP contribution in [-0.4, -0.2) is 17.1 Å². The number of para-hydroxylation sites is 1. The van der Waals surface area contributed by atoms with Crippen molar-refractivity contribution in [3.63, 3.8) is 0 Å². The second-order valence-corrected chi connectivity index (χ2v) is 4.50. The highest BCUT2D eigenvalue weighted by Gasteiger charge is 2.18. The molecule has 0 aliphatic carbocycles. The Balaban J connectivity index is 2.24. The molecule has 0 saturated carbocycles. The van der Waals surface area contributed by atoms with E-state index in [1.807, 2.05) is 0 Å². The van der Waals surface area contributed by atoms with Crippen LogP contribution in [0, 0.1) is 15.9 Å². The average Bonchev–Trinajstić information content (AvgIpc) is 2.47. The third-order valence-electron chi connectivity index (χ3n) is 3.16. The van der Waals surface area contributed by atoms with Crippen LogP contribution in [0.25, 0.3) is 0 Å². The molecule has 5 nitrogen and oxygen atoms in total. The molecule has 1 N–H and O–H groups in total. The summed E-state index contributed by atoms with van der Waals surface area (Å²) < 4.78 is 18.4. The van der Waals surface area contributed by atoms with Gasteiger partial charge in [-0.05, 0) is 17.7 Å². The molecule has 2 aromatic carbocycles.